The maximum atomic E-state index is 14.4. The Kier molecular flexibility index (Phi) is 13.6. The van der Waals surface area contributed by atoms with E-state index in [2.05, 4.69) is 32.3 Å². The second kappa shape index (κ2) is 19.5. The van der Waals surface area contributed by atoms with Gasteiger partial charge >= 0.3 is 11.9 Å². The Bertz CT molecular complexity index is 2550. The number of amides is 1. The van der Waals surface area contributed by atoms with E-state index in [0.717, 1.165) is 49.8 Å². The standard InChI is InChI=1S/C49H44BrN3O8/c1-58-40-19-15-38(16-20-40)49(37-8-4-3-5-9-37,39-17-21-41(59-2)22-18-39)61-28-27-52-48(57)47-46(50)42-23-14-35(36-7-6-26-51-30-36)29-43(42)53(47)31-33-10-12-34(13-11-33)32-60-45(56)25-24-44(54)55/h3-23,26,29-30H,24-25,27-28,31-32H2,1-2H3,(H,52,57)(H,54,55). The number of halogens is 1. The van der Waals surface area contributed by atoms with Crippen LogP contribution in [0.2, 0.25) is 0 Å². The van der Waals surface area contributed by atoms with Crippen molar-refractivity contribution in [2.75, 3.05) is 27.4 Å². The Balaban J connectivity index is 1.17. The molecule has 0 radical (unpaired) electrons. The average Bonchev–Trinajstić information content (AvgIpc) is 3.58. The first-order valence-corrected chi connectivity index (χ1v) is 20.4. The van der Waals surface area contributed by atoms with Crippen molar-refractivity contribution in [3.63, 3.8) is 0 Å². The van der Waals surface area contributed by atoms with Crippen LogP contribution in [0.1, 0.15) is 51.1 Å². The van der Waals surface area contributed by atoms with Crippen LogP contribution in [0.3, 0.4) is 0 Å². The van der Waals surface area contributed by atoms with Gasteiger partial charge in [0.2, 0.25) is 0 Å². The third-order valence-corrected chi connectivity index (χ3v) is 11.2. The molecule has 2 heterocycles. The highest BCUT2D eigenvalue weighted by Crippen LogP contribution is 2.42. The quantitative estimate of drug-likeness (QED) is 0.0491. The number of methoxy groups -OCH3 is 2. The maximum absolute atomic E-state index is 14.4. The Hall–Kier alpha value is -6.76. The van der Waals surface area contributed by atoms with Crippen molar-refractivity contribution < 1.29 is 38.4 Å². The summed E-state index contributed by atoms with van der Waals surface area (Å²) in [6, 6.07) is 43.1. The zero-order valence-electron chi connectivity index (χ0n) is 33.7. The molecule has 0 aliphatic carbocycles. The van der Waals surface area contributed by atoms with Gasteiger partial charge in [0.1, 0.15) is 29.4 Å². The second-order valence-electron chi connectivity index (χ2n) is 14.2. The van der Waals surface area contributed by atoms with E-state index in [-0.39, 0.29) is 38.5 Å². The Morgan fingerprint density at radius 3 is 1.98 bits per heavy atom. The fraction of sp³-hybridized carbons (Fsp3) is 0.184. The molecule has 0 aliphatic rings. The van der Waals surface area contributed by atoms with Crippen molar-refractivity contribution in [3.05, 3.63) is 184 Å². The monoisotopic (exact) mass is 881 g/mol. The highest BCUT2D eigenvalue weighted by Gasteiger charge is 2.38. The van der Waals surface area contributed by atoms with Gasteiger partial charge < -0.3 is 33.9 Å². The average molecular weight is 883 g/mol. The highest BCUT2D eigenvalue weighted by atomic mass is 79.9. The molecule has 0 atom stereocenters. The van der Waals surface area contributed by atoms with Crippen molar-refractivity contribution in [1.82, 2.24) is 14.9 Å². The lowest BCUT2D eigenvalue weighted by Gasteiger charge is -2.36. The number of hydrogen-bond donors (Lipinski definition) is 2. The number of carbonyl (C=O) groups excluding carboxylic acids is 2. The van der Waals surface area contributed by atoms with Crippen LogP contribution < -0.4 is 14.8 Å². The zero-order chi connectivity index (χ0) is 42.8. The molecule has 2 aromatic heterocycles. The van der Waals surface area contributed by atoms with Gasteiger partial charge in [-0.25, -0.2) is 0 Å². The third kappa shape index (κ3) is 9.67. The fourth-order valence-corrected chi connectivity index (χ4v) is 8.03. The minimum absolute atomic E-state index is 0.0173. The molecule has 0 unspecified atom stereocenters. The number of fused-ring (bicyclic) bond motifs is 1. The van der Waals surface area contributed by atoms with Gasteiger partial charge in [-0.15, -0.1) is 0 Å². The minimum atomic E-state index is -1.06. The summed E-state index contributed by atoms with van der Waals surface area (Å²) in [5.41, 5.74) is 6.44. The number of aliphatic carboxylic acids is 1. The van der Waals surface area contributed by atoms with Gasteiger partial charge in [-0.05, 0) is 85.7 Å². The molecule has 0 aliphatic heterocycles. The molecule has 5 aromatic carbocycles. The number of hydrogen-bond acceptors (Lipinski definition) is 8. The minimum Gasteiger partial charge on any atom is -0.497 e. The summed E-state index contributed by atoms with van der Waals surface area (Å²) in [5.74, 6) is -0.495. The van der Waals surface area contributed by atoms with E-state index in [1.54, 1.807) is 26.6 Å². The predicted molar refractivity (Wildman–Crippen MR) is 236 cm³/mol. The molecule has 310 valence electrons. The topological polar surface area (TPSA) is 138 Å². The van der Waals surface area contributed by atoms with Crippen LogP contribution >= 0.6 is 15.9 Å². The zero-order valence-corrected chi connectivity index (χ0v) is 35.3. The van der Waals surface area contributed by atoms with Gasteiger partial charge in [-0.1, -0.05) is 97.1 Å². The van der Waals surface area contributed by atoms with Gasteiger partial charge in [0.25, 0.3) is 5.91 Å². The van der Waals surface area contributed by atoms with Crippen LogP contribution in [0, 0.1) is 0 Å². The molecule has 0 bridgehead atoms. The summed E-state index contributed by atoms with van der Waals surface area (Å²) in [7, 11) is 3.26. The van der Waals surface area contributed by atoms with Crippen molar-refractivity contribution in [2.24, 2.45) is 0 Å². The first-order valence-electron chi connectivity index (χ1n) is 19.6. The molecule has 7 aromatic rings. The van der Waals surface area contributed by atoms with Gasteiger partial charge in [0.05, 0.1) is 43.7 Å². The summed E-state index contributed by atoms with van der Waals surface area (Å²) in [5, 5.41) is 12.9. The number of pyridine rings is 1. The Labute approximate surface area is 362 Å². The summed E-state index contributed by atoms with van der Waals surface area (Å²) >= 11 is 3.79. The molecular weight excluding hydrogens is 838 g/mol. The van der Waals surface area contributed by atoms with Gasteiger partial charge in [-0.2, -0.15) is 0 Å². The number of nitrogens with zero attached hydrogens (tertiary/aromatic N) is 2. The molecule has 0 fully saturated rings. The molecule has 2 N–H and O–H groups in total. The number of esters is 1. The number of nitrogens with one attached hydrogen (secondary N) is 1. The predicted octanol–water partition coefficient (Wildman–Crippen LogP) is 9.18. The molecule has 0 saturated carbocycles. The van der Waals surface area contributed by atoms with E-state index in [9.17, 15) is 14.4 Å². The van der Waals surface area contributed by atoms with Crippen molar-refractivity contribution in [2.45, 2.75) is 31.6 Å². The molecule has 7 rings (SSSR count). The lowest BCUT2D eigenvalue weighted by atomic mass is 9.80. The molecular formula is C49H44BrN3O8. The maximum Gasteiger partial charge on any atom is 0.306 e. The van der Waals surface area contributed by atoms with Crippen molar-refractivity contribution in [3.8, 4) is 22.6 Å². The first kappa shape index (κ1) is 42.4. The Morgan fingerprint density at radius 1 is 0.738 bits per heavy atom. The van der Waals surface area contributed by atoms with E-state index in [1.807, 2.05) is 132 Å². The number of aromatic nitrogens is 2. The number of benzene rings is 5. The largest absolute Gasteiger partial charge is 0.497 e. The molecule has 61 heavy (non-hydrogen) atoms. The van der Waals surface area contributed by atoms with Crippen LogP contribution in [0.5, 0.6) is 11.5 Å². The number of ether oxygens (including phenoxy) is 4. The van der Waals surface area contributed by atoms with E-state index in [1.165, 1.54) is 0 Å². The highest BCUT2D eigenvalue weighted by molar-refractivity contribution is 9.10. The lowest BCUT2D eigenvalue weighted by Crippen LogP contribution is -2.37. The van der Waals surface area contributed by atoms with Crippen LogP contribution in [0.25, 0.3) is 22.0 Å². The van der Waals surface area contributed by atoms with Crippen LogP contribution in [0.15, 0.2) is 150 Å². The number of carbonyl (C=O) groups is 3. The molecule has 12 heteroatoms. The van der Waals surface area contributed by atoms with Crippen LogP contribution in [0.4, 0.5) is 0 Å². The van der Waals surface area contributed by atoms with Gasteiger partial charge in [0.15, 0.2) is 0 Å². The molecule has 0 spiro atoms. The lowest BCUT2D eigenvalue weighted by molar-refractivity contribution is -0.148. The van der Waals surface area contributed by atoms with E-state index < -0.39 is 17.5 Å². The molecule has 11 nitrogen and oxygen atoms in total. The summed E-state index contributed by atoms with van der Waals surface area (Å²) in [6.07, 6.45) is 3.05. The number of carboxylic acids is 1. The summed E-state index contributed by atoms with van der Waals surface area (Å²) in [4.78, 5) is 41.6. The Morgan fingerprint density at radius 2 is 1.38 bits per heavy atom. The summed E-state index contributed by atoms with van der Waals surface area (Å²) < 4.78 is 25.9. The SMILES string of the molecule is COc1ccc(C(OCCNC(=O)c2c(Br)c3ccc(-c4cccnc4)cc3n2Cc2ccc(COC(=O)CCC(=O)O)cc2)(c2ccccc2)c2ccc(OC)cc2)cc1. The third-order valence-electron chi connectivity index (χ3n) is 10.4. The number of carboxylic acid groups (broad SMARTS) is 1. The van der Waals surface area contributed by atoms with E-state index in [0.29, 0.717) is 28.2 Å². The fourth-order valence-electron chi connectivity index (χ4n) is 7.30. The smallest absolute Gasteiger partial charge is 0.306 e. The van der Waals surface area contributed by atoms with E-state index in [4.69, 9.17) is 24.1 Å². The van der Waals surface area contributed by atoms with Crippen LogP contribution in [-0.2, 0) is 37.8 Å². The van der Waals surface area contributed by atoms with Gasteiger partial charge in [-0.3, -0.25) is 19.4 Å². The molecule has 0 saturated heterocycles. The summed E-state index contributed by atoms with van der Waals surface area (Å²) in [6.45, 7) is 0.713. The first-order chi connectivity index (χ1) is 29.7. The second-order valence-corrected chi connectivity index (χ2v) is 15.0. The van der Waals surface area contributed by atoms with Gasteiger partial charge in [0, 0.05) is 36.4 Å². The van der Waals surface area contributed by atoms with Crippen LogP contribution in [-0.4, -0.2) is 59.9 Å². The van der Waals surface area contributed by atoms with Crippen molar-refractivity contribution in [1.29, 1.82) is 0 Å². The normalized spacial score (nSPS) is 11.3. The number of rotatable bonds is 18. The van der Waals surface area contributed by atoms with E-state index >= 15 is 0 Å². The molecule has 1 amide bonds. The van der Waals surface area contributed by atoms with Crippen molar-refractivity contribution >= 4 is 44.7 Å².